The van der Waals surface area contributed by atoms with E-state index in [-0.39, 0.29) is 18.4 Å². The monoisotopic (exact) mass is 466 g/mol. The summed E-state index contributed by atoms with van der Waals surface area (Å²) < 4.78 is 13.5. The highest BCUT2D eigenvalue weighted by Gasteiger charge is 2.15. The second-order valence-corrected chi connectivity index (χ2v) is 7.86. The zero-order valence-electron chi connectivity index (χ0n) is 19.8. The van der Waals surface area contributed by atoms with Gasteiger partial charge in [-0.3, -0.25) is 14.3 Å². The first-order valence-electron chi connectivity index (χ1n) is 11.1. The van der Waals surface area contributed by atoms with Crippen LogP contribution in [0.25, 0.3) is 0 Å². The van der Waals surface area contributed by atoms with Gasteiger partial charge >= 0.3 is 0 Å². The molecule has 0 saturated heterocycles. The van der Waals surface area contributed by atoms with E-state index < -0.39 is 6.10 Å². The summed E-state index contributed by atoms with van der Waals surface area (Å²) in [6.07, 6.45) is 1.96. The molecule has 1 aromatic heterocycles. The fourth-order valence-electron chi connectivity index (χ4n) is 3.12. The number of hydrogen-bond donors (Lipinski definition) is 2. The number of benzene rings is 2. The molecule has 0 radical (unpaired) electrons. The lowest BCUT2D eigenvalue weighted by atomic mass is 10.1. The number of rotatable bonds is 10. The molecule has 0 saturated carbocycles. The summed E-state index contributed by atoms with van der Waals surface area (Å²) in [6, 6.07) is 13.3. The van der Waals surface area contributed by atoms with Crippen LogP contribution in [0.5, 0.6) is 17.2 Å². The Morgan fingerprint density at radius 2 is 1.74 bits per heavy atom. The van der Waals surface area contributed by atoms with E-state index in [0.29, 0.717) is 47.2 Å². The van der Waals surface area contributed by atoms with E-state index in [1.807, 2.05) is 13.8 Å². The summed E-state index contributed by atoms with van der Waals surface area (Å²) in [5.74, 6) is 1.21. The van der Waals surface area contributed by atoms with Crippen molar-refractivity contribution in [2.24, 2.45) is 0 Å². The predicted octanol–water partition coefficient (Wildman–Crippen LogP) is 3.80. The van der Waals surface area contributed by atoms with E-state index in [9.17, 15) is 14.7 Å². The average Bonchev–Trinajstić information content (AvgIpc) is 3.29. The second kappa shape index (κ2) is 11.3. The van der Waals surface area contributed by atoms with Crippen LogP contribution in [0.1, 0.15) is 41.0 Å². The Morgan fingerprint density at radius 1 is 1.03 bits per heavy atom. The van der Waals surface area contributed by atoms with Crippen molar-refractivity contribution in [3.8, 4) is 17.2 Å². The molecule has 1 heterocycles. The molecule has 0 bridgehead atoms. The van der Waals surface area contributed by atoms with Gasteiger partial charge in [-0.15, -0.1) is 0 Å². The maximum absolute atomic E-state index is 12.9. The predicted molar refractivity (Wildman–Crippen MR) is 129 cm³/mol. The van der Waals surface area contributed by atoms with Gasteiger partial charge in [0.05, 0.1) is 6.61 Å². The van der Waals surface area contributed by atoms with E-state index >= 15 is 0 Å². The molecule has 34 heavy (non-hydrogen) atoms. The highest BCUT2D eigenvalue weighted by atomic mass is 16.5. The van der Waals surface area contributed by atoms with Crippen LogP contribution in [0.2, 0.25) is 0 Å². The van der Waals surface area contributed by atoms with Crippen LogP contribution in [0, 0.1) is 0 Å². The quantitative estimate of drug-likeness (QED) is 0.471. The number of aryl methyl sites for hydroxylation is 1. The highest BCUT2D eigenvalue weighted by Crippen LogP contribution is 2.29. The lowest BCUT2D eigenvalue weighted by Gasteiger charge is -2.17. The van der Waals surface area contributed by atoms with Crippen molar-refractivity contribution < 1.29 is 24.2 Å². The number of nitrogens with one attached hydrogen (secondary N) is 1. The molecular weight excluding hydrogens is 436 g/mol. The van der Waals surface area contributed by atoms with Gasteiger partial charge in [-0.2, -0.15) is 5.10 Å². The first-order valence-corrected chi connectivity index (χ1v) is 11.1. The summed E-state index contributed by atoms with van der Waals surface area (Å²) in [6.45, 7) is 4.39. The van der Waals surface area contributed by atoms with Crippen LogP contribution in [0.4, 0.5) is 5.82 Å². The van der Waals surface area contributed by atoms with Crippen molar-refractivity contribution in [3.05, 3.63) is 65.9 Å². The van der Waals surface area contributed by atoms with E-state index in [4.69, 9.17) is 9.47 Å². The Bertz CT molecular complexity index is 1120. The highest BCUT2D eigenvalue weighted by molar-refractivity contribution is 6.04. The number of aliphatic hydroxyl groups is 1. The lowest BCUT2D eigenvalue weighted by Crippen LogP contribution is -2.21. The number of carbonyl (C=O) groups excluding carboxylic acids is 2. The van der Waals surface area contributed by atoms with Crippen LogP contribution in [0.3, 0.4) is 0 Å². The zero-order valence-corrected chi connectivity index (χ0v) is 19.8. The normalized spacial score (nSPS) is 11.6. The third-order valence-corrected chi connectivity index (χ3v) is 5.05. The van der Waals surface area contributed by atoms with Gasteiger partial charge in [-0.05, 0) is 49.7 Å². The smallest absolute Gasteiger partial charge is 0.257 e. The number of nitrogens with zero attached hydrogens (tertiary/aromatic N) is 3. The summed E-state index contributed by atoms with van der Waals surface area (Å²) in [5, 5.41) is 16.6. The van der Waals surface area contributed by atoms with Gasteiger partial charge in [-0.25, -0.2) is 0 Å². The summed E-state index contributed by atoms with van der Waals surface area (Å²) in [4.78, 5) is 26.5. The number of aromatic nitrogens is 2. The lowest BCUT2D eigenvalue weighted by molar-refractivity contribution is 0.0827. The number of aliphatic hydroxyl groups excluding tert-OH is 1. The standard InChI is InChI=1S/C25H30N4O5/c1-5-19(16-30)33-21-13-18(24(31)26-23-11-12-29(6-2)27-23)14-22(15-21)34-20-9-7-17(8-10-20)25(32)28(3)4/h7-15,19,30H,5-6,16H2,1-4H3,(H,26,27,31). The molecule has 0 fully saturated rings. The fraction of sp³-hybridized carbons (Fsp3) is 0.320. The number of ether oxygens (including phenoxy) is 2. The Hall–Kier alpha value is -3.85. The van der Waals surface area contributed by atoms with Crippen LogP contribution in [-0.4, -0.2) is 58.4 Å². The fourth-order valence-corrected chi connectivity index (χ4v) is 3.12. The minimum Gasteiger partial charge on any atom is -0.488 e. The van der Waals surface area contributed by atoms with E-state index in [2.05, 4.69) is 10.4 Å². The second-order valence-electron chi connectivity index (χ2n) is 7.86. The molecule has 2 amide bonds. The Kier molecular flexibility index (Phi) is 8.26. The van der Waals surface area contributed by atoms with Crippen molar-refractivity contribution in [1.82, 2.24) is 14.7 Å². The van der Waals surface area contributed by atoms with Crippen LogP contribution in [0.15, 0.2) is 54.7 Å². The Morgan fingerprint density at radius 3 is 2.32 bits per heavy atom. The van der Waals surface area contributed by atoms with Crippen LogP contribution >= 0.6 is 0 Å². The molecule has 3 aromatic rings. The van der Waals surface area contributed by atoms with Crippen molar-refractivity contribution in [2.45, 2.75) is 32.9 Å². The minimum absolute atomic E-state index is 0.110. The van der Waals surface area contributed by atoms with Crippen molar-refractivity contribution in [3.63, 3.8) is 0 Å². The molecule has 9 nitrogen and oxygen atoms in total. The molecule has 0 aliphatic rings. The van der Waals surface area contributed by atoms with Gasteiger partial charge in [0, 0.05) is 50.1 Å². The first kappa shape index (κ1) is 24.8. The van der Waals surface area contributed by atoms with Gasteiger partial charge in [0.15, 0.2) is 5.82 Å². The molecule has 1 atom stereocenters. The summed E-state index contributed by atoms with van der Waals surface area (Å²) in [5.41, 5.74) is 0.848. The van der Waals surface area contributed by atoms with Crippen molar-refractivity contribution in [2.75, 3.05) is 26.0 Å². The molecule has 0 aliphatic heterocycles. The molecule has 180 valence electrons. The molecule has 2 aromatic carbocycles. The van der Waals surface area contributed by atoms with Gasteiger partial charge < -0.3 is 24.8 Å². The van der Waals surface area contributed by atoms with E-state index in [0.717, 1.165) is 0 Å². The van der Waals surface area contributed by atoms with Crippen LogP contribution in [-0.2, 0) is 6.54 Å². The van der Waals surface area contributed by atoms with E-state index in [1.165, 1.54) is 4.90 Å². The molecule has 0 spiro atoms. The third kappa shape index (κ3) is 6.35. The molecule has 1 unspecified atom stereocenters. The molecule has 2 N–H and O–H groups in total. The van der Waals surface area contributed by atoms with Gasteiger partial charge in [0.2, 0.25) is 0 Å². The van der Waals surface area contributed by atoms with Crippen molar-refractivity contribution >= 4 is 17.6 Å². The van der Waals surface area contributed by atoms with Gasteiger partial charge in [0.1, 0.15) is 23.4 Å². The maximum Gasteiger partial charge on any atom is 0.257 e. The van der Waals surface area contributed by atoms with Crippen LogP contribution < -0.4 is 14.8 Å². The largest absolute Gasteiger partial charge is 0.488 e. The number of anilines is 1. The van der Waals surface area contributed by atoms with Crippen molar-refractivity contribution in [1.29, 1.82) is 0 Å². The Balaban J connectivity index is 1.86. The first-order chi connectivity index (χ1) is 16.3. The molecular formula is C25H30N4O5. The molecule has 3 rings (SSSR count). The third-order valence-electron chi connectivity index (χ3n) is 5.05. The number of carbonyl (C=O) groups is 2. The molecule has 0 aliphatic carbocycles. The number of hydrogen-bond acceptors (Lipinski definition) is 6. The SMILES string of the molecule is CCC(CO)Oc1cc(Oc2ccc(C(=O)N(C)C)cc2)cc(C(=O)Nc2ccn(CC)n2)c1. The minimum atomic E-state index is -0.414. The Labute approximate surface area is 198 Å². The number of amides is 2. The maximum atomic E-state index is 12.9. The van der Waals surface area contributed by atoms with Gasteiger partial charge in [-0.1, -0.05) is 6.92 Å². The summed E-state index contributed by atoms with van der Waals surface area (Å²) in [7, 11) is 3.38. The molecule has 9 heteroatoms. The summed E-state index contributed by atoms with van der Waals surface area (Å²) >= 11 is 0. The van der Waals surface area contributed by atoms with E-state index in [1.54, 1.807) is 73.5 Å². The zero-order chi connectivity index (χ0) is 24.7. The average molecular weight is 467 g/mol. The topological polar surface area (TPSA) is 106 Å². The van der Waals surface area contributed by atoms with Gasteiger partial charge in [0.25, 0.3) is 11.8 Å².